The summed E-state index contributed by atoms with van der Waals surface area (Å²) in [5, 5.41) is 18.2. The van der Waals surface area contributed by atoms with Crippen LogP contribution in [0.5, 0.6) is 0 Å². The van der Waals surface area contributed by atoms with Gasteiger partial charge in [-0.25, -0.2) is 4.79 Å². The van der Waals surface area contributed by atoms with E-state index in [1.807, 2.05) is 6.07 Å². The summed E-state index contributed by atoms with van der Waals surface area (Å²) in [6.45, 7) is 5.50. The van der Waals surface area contributed by atoms with Gasteiger partial charge in [-0.05, 0) is 49.4 Å². The van der Waals surface area contributed by atoms with Crippen LogP contribution in [0.25, 0.3) is 0 Å². The van der Waals surface area contributed by atoms with Crippen molar-refractivity contribution in [1.82, 2.24) is 9.55 Å². The van der Waals surface area contributed by atoms with Crippen molar-refractivity contribution in [2.45, 2.75) is 46.1 Å². The second-order valence-corrected chi connectivity index (χ2v) is 6.79. The number of nitrogens with zero attached hydrogens (tertiary/aromatic N) is 2. The van der Waals surface area contributed by atoms with Gasteiger partial charge in [-0.2, -0.15) is 5.26 Å². The molecule has 0 spiro atoms. The first-order valence-electron chi connectivity index (χ1n) is 8.84. The number of aliphatic hydroxyl groups excluding tert-OH is 1. The first-order valence-corrected chi connectivity index (χ1v) is 8.84. The number of nitriles is 1. The number of hydrogen-bond donors (Lipinski definition) is 2. The molecule has 1 aromatic carbocycles. The highest BCUT2D eigenvalue weighted by Gasteiger charge is 2.24. The summed E-state index contributed by atoms with van der Waals surface area (Å²) in [6, 6.07) is 6.77. The van der Waals surface area contributed by atoms with Gasteiger partial charge in [0.1, 0.15) is 5.69 Å². The summed E-state index contributed by atoms with van der Waals surface area (Å²) in [5.41, 5.74) is 0.388. The third-order valence-corrected chi connectivity index (χ3v) is 4.29. The number of unbranched alkanes of at least 4 members (excludes halogenated alkanes) is 1. The molecule has 142 valence electrons. The predicted octanol–water partition coefficient (Wildman–Crippen LogP) is 1.84. The average molecular weight is 369 g/mol. The summed E-state index contributed by atoms with van der Waals surface area (Å²) in [7, 11) is 0. The van der Waals surface area contributed by atoms with Crippen LogP contribution in [0.3, 0.4) is 0 Å². The van der Waals surface area contributed by atoms with Gasteiger partial charge in [-0.1, -0.05) is 13.8 Å². The van der Waals surface area contributed by atoms with E-state index in [-0.39, 0.29) is 35.9 Å². The number of rotatable bonds is 7. The number of aryl methyl sites for hydroxylation is 1. The molecule has 1 aromatic heterocycles. The van der Waals surface area contributed by atoms with E-state index < -0.39 is 17.0 Å². The Hall–Kier alpha value is -2.98. The Kier molecular flexibility index (Phi) is 6.48. The van der Waals surface area contributed by atoms with Crippen LogP contribution in [0, 0.1) is 18.3 Å². The van der Waals surface area contributed by atoms with Crippen molar-refractivity contribution in [1.29, 1.82) is 5.26 Å². The van der Waals surface area contributed by atoms with E-state index >= 15 is 0 Å². The minimum absolute atomic E-state index is 0.0260. The lowest BCUT2D eigenvalue weighted by Crippen LogP contribution is -2.38. The van der Waals surface area contributed by atoms with Crippen molar-refractivity contribution < 1.29 is 9.90 Å². The zero-order valence-electron chi connectivity index (χ0n) is 15.7. The van der Waals surface area contributed by atoms with E-state index in [1.165, 1.54) is 10.6 Å². The highest BCUT2D eigenvalue weighted by atomic mass is 16.3. The second-order valence-electron chi connectivity index (χ2n) is 6.79. The Morgan fingerprint density at radius 2 is 1.96 bits per heavy atom. The molecule has 0 amide bonds. The van der Waals surface area contributed by atoms with E-state index in [4.69, 9.17) is 5.11 Å². The van der Waals surface area contributed by atoms with Gasteiger partial charge in [0.2, 0.25) is 5.78 Å². The minimum Gasteiger partial charge on any atom is -0.396 e. The van der Waals surface area contributed by atoms with E-state index in [9.17, 15) is 19.6 Å². The molecular weight excluding hydrogens is 346 g/mol. The molecule has 0 unspecified atom stereocenters. The molecule has 0 fully saturated rings. The third-order valence-electron chi connectivity index (χ3n) is 4.29. The Bertz CT molecular complexity index is 1010. The van der Waals surface area contributed by atoms with Gasteiger partial charge in [-0.3, -0.25) is 19.1 Å². The fraction of sp³-hybridized carbons (Fsp3) is 0.400. The zero-order valence-corrected chi connectivity index (χ0v) is 15.7. The quantitative estimate of drug-likeness (QED) is 0.571. The number of carbonyl (C=O) groups excluding carboxylic acids is 1. The summed E-state index contributed by atoms with van der Waals surface area (Å²) in [5.74, 6) is -0.747. The maximum atomic E-state index is 13.3. The van der Waals surface area contributed by atoms with E-state index in [1.54, 1.807) is 32.9 Å². The standard InChI is InChI=1S/C20H23N3O4/c1-12(2)16-17(18(25)15-9-13(3)8-14(10-15)11-21)23(6-4-5-7-24)20(27)22-19(16)26/h8-10,12,24H,4-7H2,1-3H3,(H,22,26,27). The van der Waals surface area contributed by atoms with Crippen molar-refractivity contribution in [2.75, 3.05) is 6.61 Å². The zero-order chi connectivity index (χ0) is 20.1. The van der Waals surface area contributed by atoms with Crippen LogP contribution in [0.4, 0.5) is 0 Å². The average Bonchev–Trinajstić information content (AvgIpc) is 2.61. The summed E-state index contributed by atoms with van der Waals surface area (Å²) >= 11 is 0. The molecule has 0 aliphatic carbocycles. The molecule has 1 heterocycles. The predicted molar refractivity (Wildman–Crippen MR) is 101 cm³/mol. The van der Waals surface area contributed by atoms with Gasteiger partial charge in [0, 0.05) is 24.3 Å². The maximum absolute atomic E-state index is 13.3. The molecule has 7 nitrogen and oxygen atoms in total. The van der Waals surface area contributed by atoms with Crippen LogP contribution in [-0.2, 0) is 6.54 Å². The Balaban J connectivity index is 2.74. The highest BCUT2D eigenvalue weighted by Crippen LogP contribution is 2.20. The summed E-state index contributed by atoms with van der Waals surface area (Å²) in [4.78, 5) is 40.4. The Labute approximate surface area is 156 Å². The van der Waals surface area contributed by atoms with Crippen LogP contribution in [-0.4, -0.2) is 27.0 Å². The number of carbonyl (C=O) groups is 1. The monoisotopic (exact) mass is 369 g/mol. The summed E-state index contributed by atoms with van der Waals surface area (Å²) in [6.07, 6.45) is 0.955. The van der Waals surface area contributed by atoms with Crippen molar-refractivity contribution in [2.24, 2.45) is 0 Å². The van der Waals surface area contributed by atoms with Gasteiger partial charge in [0.25, 0.3) is 5.56 Å². The van der Waals surface area contributed by atoms with E-state index in [0.29, 0.717) is 18.4 Å². The maximum Gasteiger partial charge on any atom is 0.328 e. The third kappa shape index (κ3) is 4.41. The number of nitrogens with one attached hydrogen (secondary N) is 1. The molecule has 0 saturated carbocycles. The topological polar surface area (TPSA) is 116 Å². The largest absolute Gasteiger partial charge is 0.396 e. The molecule has 0 atom stereocenters. The van der Waals surface area contributed by atoms with Crippen molar-refractivity contribution in [3.05, 3.63) is 67.0 Å². The highest BCUT2D eigenvalue weighted by molar-refractivity contribution is 6.09. The molecule has 27 heavy (non-hydrogen) atoms. The van der Waals surface area contributed by atoms with Crippen LogP contribution >= 0.6 is 0 Å². The number of ketones is 1. The molecular formula is C20H23N3O4. The minimum atomic E-state index is -0.654. The van der Waals surface area contributed by atoms with Crippen LogP contribution < -0.4 is 11.2 Å². The molecule has 0 radical (unpaired) electrons. The second kappa shape index (κ2) is 8.60. The Morgan fingerprint density at radius 3 is 2.56 bits per heavy atom. The molecule has 7 heteroatoms. The van der Waals surface area contributed by atoms with Crippen molar-refractivity contribution >= 4 is 5.78 Å². The number of aliphatic hydroxyl groups is 1. The lowest BCUT2D eigenvalue weighted by molar-refractivity contribution is 0.102. The molecule has 2 aromatic rings. The van der Waals surface area contributed by atoms with Gasteiger partial charge < -0.3 is 5.11 Å². The molecule has 0 aliphatic rings. The van der Waals surface area contributed by atoms with Gasteiger partial charge >= 0.3 is 5.69 Å². The molecule has 0 saturated heterocycles. The lowest BCUT2D eigenvalue weighted by atomic mass is 9.95. The number of benzene rings is 1. The number of aromatic nitrogens is 2. The Morgan fingerprint density at radius 1 is 1.26 bits per heavy atom. The smallest absolute Gasteiger partial charge is 0.328 e. The first-order chi connectivity index (χ1) is 12.8. The number of hydrogen-bond acceptors (Lipinski definition) is 5. The fourth-order valence-electron chi connectivity index (χ4n) is 3.08. The fourth-order valence-corrected chi connectivity index (χ4v) is 3.08. The lowest BCUT2D eigenvalue weighted by Gasteiger charge is -2.17. The molecule has 2 rings (SSSR count). The van der Waals surface area contributed by atoms with Gasteiger partial charge in [0.15, 0.2) is 0 Å². The molecule has 0 aliphatic heterocycles. The first kappa shape index (κ1) is 20.3. The number of H-pyrrole nitrogens is 1. The van der Waals surface area contributed by atoms with Crippen LogP contribution in [0.2, 0.25) is 0 Å². The molecule has 0 bridgehead atoms. The van der Waals surface area contributed by atoms with E-state index in [2.05, 4.69) is 4.98 Å². The van der Waals surface area contributed by atoms with Crippen LogP contribution in [0.1, 0.15) is 65.3 Å². The summed E-state index contributed by atoms with van der Waals surface area (Å²) < 4.78 is 1.27. The van der Waals surface area contributed by atoms with Gasteiger partial charge in [0.05, 0.1) is 11.6 Å². The van der Waals surface area contributed by atoms with Crippen molar-refractivity contribution in [3.63, 3.8) is 0 Å². The van der Waals surface area contributed by atoms with Crippen molar-refractivity contribution in [3.8, 4) is 6.07 Å². The van der Waals surface area contributed by atoms with Crippen LogP contribution in [0.15, 0.2) is 27.8 Å². The van der Waals surface area contributed by atoms with Gasteiger partial charge in [-0.15, -0.1) is 0 Å². The number of aromatic amines is 1. The van der Waals surface area contributed by atoms with E-state index in [0.717, 1.165) is 5.56 Å². The molecule has 2 N–H and O–H groups in total. The SMILES string of the molecule is Cc1cc(C#N)cc(C(=O)c2c(C(C)C)c(=O)[nH]c(=O)n2CCCCO)c1. The normalized spacial score (nSPS) is 10.8.